The van der Waals surface area contributed by atoms with Crippen LogP contribution < -0.4 is 4.74 Å². The van der Waals surface area contributed by atoms with E-state index in [1.54, 1.807) is 5.38 Å². The first kappa shape index (κ1) is 15.5. The molecule has 112 valence electrons. The number of carbonyl (C=O) groups is 1. The number of carboxylic acid groups (broad SMARTS) is 1. The van der Waals surface area contributed by atoms with E-state index in [0.717, 1.165) is 23.6 Å². The van der Waals surface area contributed by atoms with Crippen LogP contribution in [0.15, 0.2) is 29.6 Å². The molecule has 2 rings (SSSR count). The SMILES string of the molecule is CC(C)c1ccccc1OCCCc1nc(C(=O)O)cs1. The van der Waals surface area contributed by atoms with Crippen molar-refractivity contribution in [2.75, 3.05) is 6.61 Å². The molecule has 1 heterocycles. The molecule has 0 aliphatic heterocycles. The van der Waals surface area contributed by atoms with Crippen LogP contribution in [0.3, 0.4) is 0 Å². The molecule has 0 unspecified atom stereocenters. The fourth-order valence-electron chi connectivity index (χ4n) is 2.02. The molecule has 2 aromatic rings. The average molecular weight is 305 g/mol. The highest BCUT2D eigenvalue weighted by atomic mass is 32.1. The molecule has 0 bridgehead atoms. The third-order valence-electron chi connectivity index (χ3n) is 3.10. The summed E-state index contributed by atoms with van der Waals surface area (Å²) in [7, 11) is 0. The van der Waals surface area contributed by atoms with Crippen molar-refractivity contribution in [2.24, 2.45) is 0 Å². The van der Waals surface area contributed by atoms with Crippen molar-refractivity contribution in [1.29, 1.82) is 0 Å². The summed E-state index contributed by atoms with van der Waals surface area (Å²) in [4.78, 5) is 14.8. The van der Waals surface area contributed by atoms with Crippen molar-refractivity contribution in [3.63, 3.8) is 0 Å². The van der Waals surface area contributed by atoms with Crippen molar-refractivity contribution in [1.82, 2.24) is 4.98 Å². The summed E-state index contributed by atoms with van der Waals surface area (Å²) in [5.74, 6) is 0.385. The Morgan fingerprint density at radius 2 is 2.14 bits per heavy atom. The zero-order chi connectivity index (χ0) is 15.2. The average Bonchev–Trinajstić information content (AvgIpc) is 2.93. The zero-order valence-corrected chi connectivity index (χ0v) is 13.0. The number of aromatic nitrogens is 1. The van der Waals surface area contributed by atoms with Gasteiger partial charge < -0.3 is 9.84 Å². The number of carboxylic acids is 1. The van der Waals surface area contributed by atoms with Gasteiger partial charge in [0.15, 0.2) is 5.69 Å². The summed E-state index contributed by atoms with van der Waals surface area (Å²) < 4.78 is 5.83. The first-order valence-corrected chi connectivity index (χ1v) is 7.85. The van der Waals surface area contributed by atoms with Crippen LogP contribution in [0.1, 0.15) is 47.2 Å². The smallest absolute Gasteiger partial charge is 0.355 e. The predicted molar refractivity (Wildman–Crippen MR) is 83.4 cm³/mol. The molecule has 0 aliphatic carbocycles. The summed E-state index contributed by atoms with van der Waals surface area (Å²) in [6.07, 6.45) is 1.56. The fourth-order valence-corrected chi connectivity index (χ4v) is 2.83. The van der Waals surface area contributed by atoms with Gasteiger partial charge in [0.05, 0.1) is 11.6 Å². The minimum Gasteiger partial charge on any atom is -0.493 e. The molecule has 0 saturated carbocycles. The Hall–Kier alpha value is -1.88. The van der Waals surface area contributed by atoms with E-state index in [0.29, 0.717) is 12.5 Å². The summed E-state index contributed by atoms with van der Waals surface area (Å²) in [6, 6.07) is 8.06. The van der Waals surface area contributed by atoms with Gasteiger partial charge in [0.2, 0.25) is 0 Å². The lowest BCUT2D eigenvalue weighted by molar-refractivity contribution is 0.0691. The maximum Gasteiger partial charge on any atom is 0.355 e. The van der Waals surface area contributed by atoms with Crippen molar-refractivity contribution >= 4 is 17.3 Å². The molecule has 0 amide bonds. The number of benzene rings is 1. The van der Waals surface area contributed by atoms with Crippen molar-refractivity contribution in [2.45, 2.75) is 32.6 Å². The van der Waals surface area contributed by atoms with E-state index in [9.17, 15) is 4.79 Å². The molecule has 0 fully saturated rings. The van der Waals surface area contributed by atoms with Gasteiger partial charge in [0, 0.05) is 11.8 Å². The number of thiazole rings is 1. The van der Waals surface area contributed by atoms with Crippen LogP contribution in [0, 0.1) is 0 Å². The number of aromatic carboxylic acids is 1. The van der Waals surface area contributed by atoms with Gasteiger partial charge in [-0.05, 0) is 24.0 Å². The Kier molecular flexibility index (Phi) is 5.33. The van der Waals surface area contributed by atoms with Gasteiger partial charge in [-0.15, -0.1) is 11.3 Å². The van der Waals surface area contributed by atoms with E-state index < -0.39 is 5.97 Å². The first-order chi connectivity index (χ1) is 10.1. The highest BCUT2D eigenvalue weighted by Gasteiger charge is 2.09. The Morgan fingerprint density at radius 3 is 2.81 bits per heavy atom. The van der Waals surface area contributed by atoms with E-state index in [-0.39, 0.29) is 5.69 Å². The van der Waals surface area contributed by atoms with Gasteiger partial charge in [0.1, 0.15) is 5.75 Å². The van der Waals surface area contributed by atoms with E-state index in [1.807, 2.05) is 18.2 Å². The molecule has 5 heteroatoms. The maximum atomic E-state index is 10.7. The lowest BCUT2D eigenvalue weighted by atomic mass is 10.0. The summed E-state index contributed by atoms with van der Waals surface area (Å²) in [5, 5.41) is 11.2. The molecule has 4 nitrogen and oxygen atoms in total. The number of aryl methyl sites for hydroxylation is 1. The molecule has 0 radical (unpaired) electrons. The van der Waals surface area contributed by atoms with E-state index >= 15 is 0 Å². The topological polar surface area (TPSA) is 59.4 Å². The lowest BCUT2D eigenvalue weighted by Gasteiger charge is -2.13. The van der Waals surface area contributed by atoms with Crippen LogP contribution in [0.5, 0.6) is 5.75 Å². The first-order valence-electron chi connectivity index (χ1n) is 6.97. The Balaban J connectivity index is 1.83. The molecule has 0 aliphatic rings. The standard InChI is InChI=1S/C16H19NO3S/c1-11(2)12-6-3-4-7-14(12)20-9-5-8-15-17-13(10-21-15)16(18)19/h3-4,6-7,10-11H,5,8-9H2,1-2H3,(H,18,19). The molecular weight excluding hydrogens is 286 g/mol. The lowest BCUT2D eigenvalue weighted by Crippen LogP contribution is -2.03. The van der Waals surface area contributed by atoms with E-state index in [2.05, 4.69) is 24.9 Å². The third kappa shape index (κ3) is 4.29. The van der Waals surface area contributed by atoms with Crippen LogP contribution in [-0.2, 0) is 6.42 Å². The predicted octanol–water partition coefficient (Wildman–Crippen LogP) is 3.98. The van der Waals surface area contributed by atoms with Gasteiger partial charge in [-0.2, -0.15) is 0 Å². The van der Waals surface area contributed by atoms with Gasteiger partial charge in [-0.25, -0.2) is 9.78 Å². The molecule has 0 spiro atoms. The van der Waals surface area contributed by atoms with Gasteiger partial charge in [0.25, 0.3) is 0 Å². The number of hydrogen-bond acceptors (Lipinski definition) is 4. The van der Waals surface area contributed by atoms with Crippen LogP contribution in [0.25, 0.3) is 0 Å². The quantitative estimate of drug-likeness (QED) is 0.786. The molecular formula is C16H19NO3S. The number of hydrogen-bond donors (Lipinski definition) is 1. The van der Waals surface area contributed by atoms with Crippen LogP contribution >= 0.6 is 11.3 Å². The summed E-state index contributed by atoms with van der Waals surface area (Å²) >= 11 is 1.38. The molecule has 1 aromatic carbocycles. The molecule has 21 heavy (non-hydrogen) atoms. The molecule has 0 saturated heterocycles. The maximum absolute atomic E-state index is 10.7. The Bertz CT molecular complexity index is 607. The van der Waals surface area contributed by atoms with E-state index in [4.69, 9.17) is 9.84 Å². The van der Waals surface area contributed by atoms with E-state index in [1.165, 1.54) is 16.9 Å². The minimum atomic E-state index is -0.973. The monoisotopic (exact) mass is 305 g/mol. The van der Waals surface area contributed by atoms with Gasteiger partial charge >= 0.3 is 5.97 Å². The second-order valence-corrected chi connectivity index (χ2v) is 6.02. The molecule has 1 aromatic heterocycles. The second-order valence-electron chi connectivity index (χ2n) is 5.08. The summed E-state index contributed by atoms with van der Waals surface area (Å²) in [6.45, 7) is 4.89. The number of rotatable bonds is 7. The van der Waals surface area contributed by atoms with Gasteiger partial charge in [-0.3, -0.25) is 0 Å². The minimum absolute atomic E-state index is 0.126. The number of nitrogens with zero attached hydrogens (tertiary/aromatic N) is 1. The summed E-state index contributed by atoms with van der Waals surface area (Å²) in [5.41, 5.74) is 1.33. The van der Waals surface area contributed by atoms with Crippen LogP contribution in [0.4, 0.5) is 0 Å². The normalized spacial score (nSPS) is 10.8. The second kappa shape index (κ2) is 7.22. The van der Waals surface area contributed by atoms with Crippen molar-refractivity contribution in [3.8, 4) is 5.75 Å². The number of para-hydroxylation sites is 1. The Morgan fingerprint density at radius 1 is 1.38 bits per heavy atom. The third-order valence-corrected chi connectivity index (χ3v) is 4.01. The molecule has 0 atom stereocenters. The zero-order valence-electron chi connectivity index (χ0n) is 12.2. The highest BCUT2D eigenvalue weighted by molar-refractivity contribution is 7.09. The highest BCUT2D eigenvalue weighted by Crippen LogP contribution is 2.26. The fraction of sp³-hybridized carbons (Fsp3) is 0.375. The van der Waals surface area contributed by atoms with Crippen molar-refractivity contribution in [3.05, 3.63) is 45.9 Å². The van der Waals surface area contributed by atoms with Crippen LogP contribution in [0.2, 0.25) is 0 Å². The Labute approximate surface area is 128 Å². The van der Waals surface area contributed by atoms with Crippen LogP contribution in [-0.4, -0.2) is 22.7 Å². The van der Waals surface area contributed by atoms with Crippen molar-refractivity contribution < 1.29 is 14.6 Å². The van der Waals surface area contributed by atoms with Gasteiger partial charge in [-0.1, -0.05) is 32.0 Å². The number of ether oxygens (including phenoxy) is 1. The largest absolute Gasteiger partial charge is 0.493 e. The molecule has 1 N–H and O–H groups in total.